The van der Waals surface area contributed by atoms with Crippen molar-refractivity contribution in [2.24, 2.45) is 0 Å². The molecule has 3 rings (SSSR count). The molecule has 0 saturated carbocycles. The molecular weight excluding hydrogens is 304 g/mol. The van der Waals surface area contributed by atoms with Crippen molar-refractivity contribution < 1.29 is 18.4 Å². The molecule has 2 aromatic carbocycles. The zero-order valence-corrected chi connectivity index (χ0v) is 11.9. The van der Waals surface area contributed by atoms with Gasteiger partial charge in [-0.2, -0.15) is 0 Å². The quantitative estimate of drug-likeness (QED) is 0.670. The Bertz CT molecular complexity index is 752. The molecule has 23 heavy (non-hydrogen) atoms. The lowest BCUT2D eigenvalue weighted by Gasteiger charge is -2.16. The van der Waals surface area contributed by atoms with E-state index in [1.54, 1.807) is 12.1 Å². The highest BCUT2D eigenvalue weighted by Gasteiger charge is 2.39. The first kappa shape index (κ1) is 15.1. The van der Waals surface area contributed by atoms with Gasteiger partial charge in [0.2, 0.25) is 5.91 Å². The summed E-state index contributed by atoms with van der Waals surface area (Å²) >= 11 is 0. The first-order valence-corrected chi connectivity index (χ1v) is 6.94. The Kier molecular flexibility index (Phi) is 4.03. The molecule has 2 N–H and O–H groups in total. The summed E-state index contributed by atoms with van der Waals surface area (Å²) in [5.74, 6) is -3.15. The zero-order chi connectivity index (χ0) is 16.4. The molecule has 118 valence electrons. The van der Waals surface area contributed by atoms with Crippen LogP contribution in [0.1, 0.15) is 6.42 Å². The largest absolute Gasteiger partial charge is 0.321 e. The van der Waals surface area contributed by atoms with Gasteiger partial charge in [0.05, 0.1) is 12.1 Å². The molecule has 5 nitrogen and oxygen atoms in total. The summed E-state index contributed by atoms with van der Waals surface area (Å²) in [6.45, 7) is 0. The number of carbonyl (C=O) groups excluding carboxylic acids is 2. The number of amides is 2. The van der Waals surface area contributed by atoms with Gasteiger partial charge >= 0.3 is 0 Å². The van der Waals surface area contributed by atoms with Crippen LogP contribution >= 0.6 is 0 Å². The second-order valence-electron chi connectivity index (χ2n) is 5.06. The monoisotopic (exact) mass is 317 g/mol. The molecule has 1 aliphatic heterocycles. The summed E-state index contributed by atoms with van der Waals surface area (Å²) in [5, 5.41) is 0. The van der Waals surface area contributed by atoms with Crippen LogP contribution < -0.4 is 15.8 Å². The van der Waals surface area contributed by atoms with Crippen LogP contribution in [0, 0.1) is 11.6 Å². The molecule has 0 aromatic heterocycles. The summed E-state index contributed by atoms with van der Waals surface area (Å²) < 4.78 is 26.3. The topological polar surface area (TPSA) is 61.4 Å². The van der Waals surface area contributed by atoms with Crippen molar-refractivity contribution >= 4 is 23.2 Å². The maximum Gasteiger partial charge on any atom is 0.253 e. The van der Waals surface area contributed by atoms with Gasteiger partial charge in [-0.3, -0.25) is 9.59 Å². The highest BCUT2D eigenvalue weighted by Crippen LogP contribution is 2.24. The van der Waals surface area contributed by atoms with Crippen LogP contribution in [0.5, 0.6) is 0 Å². The lowest BCUT2D eigenvalue weighted by molar-refractivity contribution is -0.121. The van der Waals surface area contributed by atoms with Crippen LogP contribution in [0.3, 0.4) is 0 Å². The number of benzene rings is 2. The average molecular weight is 317 g/mol. The van der Waals surface area contributed by atoms with Gasteiger partial charge in [-0.05, 0) is 24.3 Å². The van der Waals surface area contributed by atoms with Crippen LogP contribution in [0.15, 0.2) is 48.5 Å². The van der Waals surface area contributed by atoms with E-state index in [0.29, 0.717) is 0 Å². The Labute approximate surface area is 130 Å². The van der Waals surface area contributed by atoms with Gasteiger partial charge in [0.1, 0.15) is 6.04 Å². The van der Waals surface area contributed by atoms with E-state index in [9.17, 15) is 18.4 Å². The number of anilines is 2. The van der Waals surface area contributed by atoms with Gasteiger partial charge in [-0.25, -0.2) is 19.1 Å². The van der Waals surface area contributed by atoms with Crippen LogP contribution in [-0.4, -0.2) is 17.9 Å². The Morgan fingerprint density at radius 2 is 1.74 bits per heavy atom. The van der Waals surface area contributed by atoms with E-state index in [2.05, 4.69) is 10.9 Å². The second-order valence-corrected chi connectivity index (χ2v) is 5.06. The Hall–Kier alpha value is -2.80. The number of para-hydroxylation sites is 1. The highest BCUT2D eigenvalue weighted by atomic mass is 19.2. The molecule has 2 amide bonds. The normalized spacial score (nSPS) is 17.7. The maximum absolute atomic E-state index is 13.3. The van der Waals surface area contributed by atoms with Crippen LogP contribution in [0.4, 0.5) is 20.2 Å². The third-order valence-electron chi connectivity index (χ3n) is 3.47. The number of hydrazine groups is 1. The lowest BCUT2D eigenvalue weighted by atomic mass is 10.2. The Morgan fingerprint density at radius 3 is 2.43 bits per heavy atom. The van der Waals surface area contributed by atoms with Gasteiger partial charge < -0.3 is 5.43 Å². The number of imide groups is 1. The summed E-state index contributed by atoms with van der Waals surface area (Å²) in [7, 11) is 0. The van der Waals surface area contributed by atoms with Gasteiger partial charge in [-0.1, -0.05) is 18.2 Å². The Balaban J connectivity index is 1.73. The SMILES string of the molecule is O=C1C[C@H](NNc2ccccc2)C(=O)N1c1ccc(F)c(F)c1. The number of hydrogen-bond donors (Lipinski definition) is 2. The smallest absolute Gasteiger partial charge is 0.253 e. The minimum atomic E-state index is -1.11. The van der Waals surface area contributed by atoms with Crippen molar-refractivity contribution in [3.8, 4) is 0 Å². The molecule has 1 heterocycles. The van der Waals surface area contributed by atoms with Gasteiger partial charge in [0.15, 0.2) is 11.6 Å². The van der Waals surface area contributed by atoms with Gasteiger partial charge in [-0.15, -0.1) is 0 Å². The molecule has 0 bridgehead atoms. The van der Waals surface area contributed by atoms with E-state index in [-0.39, 0.29) is 12.1 Å². The zero-order valence-electron chi connectivity index (χ0n) is 11.9. The molecule has 1 saturated heterocycles. The van der Waals surface area contributed by atoms with Gasteiger partial charge in [0, 0.05) is 11.8 Å². The first-order chi connectivity index (χ1) is 11.1. The third-order valence-corrected chi connectivity index (χ3v) is 3.47. The molecule has 0 unspecified atom stereocenters. The minimum Gasteiger partial charge on any atom is -0.321 e. The molecular formula is C16H13F2N3O2. The summed E-state index contributed by atoms with van der Waals surface area (Å²) in [4.78, 5) is 25.2. The number of nitrogens with one attached hydrogen (secondary N) is 2. The van der Waals surface area contributed by atoms with Crippen molar-refractivity contribution in [3.63, 3.8) is 0 Å². The number of carbonyl (C=O) groups is 2. The fraction of sp³-hybridized carbons (Fsp3) is 0.125. The molecule has 0 spiro atoms. The summed E-state index contributed by atoms with van der Waals surface area (Å²) in [5.41, 5.74) is 6.37. The van der Waals surface area contributed by atoms with Crippen LogP contribution in [0.25, 0.3) is 0 Å². The van der Waals surface area contributed by atoms with E-state index >= 15 is 0 Å². The number of rotatable bonds is 4. The van der Waals surface area contributed by atoms with Crippen LogP contribution in [0.2, 0.25) is 0 Å². The maximum atomic E-state index is 13.3. The molecule has 1 aliphatic rings. The Morgan fingerprint density at radius 1 is 1.00 bits per heavy atom. The second kappa shape index (κ2) is 6.13. The number of halogens is 2. The predicted molar refractivity (Wildman–Crippen MR) is 80.5 cm³/mol. The average Bonchev–Trinajstić information content (AvgIpc) is 2.83. The van der Waals surface area contributed by atoms with E-state index in [1.165, 1.54) is 6.07 Å². The molecule has 1 fully saturated rings. The van der Waals surface area contributed by atoms with Crippen molar-refractivity contribution in [3.05, 3.63) is 60.2 Å². The molecule has 7 heteroatoms. The molecule has 1 atom stereocenters. The summed E-state index contributed by atoms with van der Waals surface area (Å²) in [6.07, 6.45) is -0.0718. The molecule has 0 radical (unpaired) electrons. The van der Waals surface area contributed by atoms with E-state index in [0.717, 1.165) is 22.7 Å². The van der Waals surface area contributed by atoms with Crippen LogP contribution in [-0.2, 0) is 9.59 Å². The van der Waals surface area contributed by atoms with Crippen molar-refractivity contribution in [1.82, 2.24) is 5.43 Å². The standard InChI is InChI=1S/C16H13F2N3O2/c17-12-7-6-11(8-13(12)18)21-15(22)9-14(16(21)23)20-19-10-4-2-1-3-5-10/h1-8,14,19-20H,9H2/t14-/m0/s1. The number of nitrogens with zero attached hydrogens (tertiary/aromatic N) is 1. The molecule has 2 aromatic rings. The number of hydrogen-bond acceptors (Lipinski definition) is 4. The predicted octanol–water partition coefficient (Wildman–Crippen LogP) is 2.21. The summed E-state index contributed by atoms with van der Waals surface area (Å²) in [6, 6.07) is 11.2. The van der Waals surface area contributed by atoms with Crippen molar-refractivity contribution in [2.45, 2.75) is 12.5 Å². The van der Waals surface area contributed by atoms with E-state index in [4.69, 9.17) is 0 Å². The fourth-order valence-corrected chi connectivity index (χ4v) is 2.33. The fourth-order valence-electron chi connectivity index (χ4n) is 2.33. The first-order valence-electron chi connectivity index (χ1n) is 6.94. The van der Waals surface area contributed by atoms with Crippen molar-refractivity contribution in [1.29, 1.82) is 0 Å². The van der Waals surface area contributed by atoms with E-state index in [1.807, 2.05) is 18.2 Å². The highest BCUT2D eigenvalue weighted by molar-refractivity contribution is 6.22. The minimum absolute atomic E-state index is 0.0166. The third kappa shape index (κ3) is 3.04. The van der Waals surface area contributed by atoms with Crippen molar-refractivity contribution in [2.75, 3.05) is 10.3 Å². The van der Waals surface area contributed by atoms with E-state index < -0.39 is 29.5 Å². The van der Waals surface area contributed by atoms with Gasteiger partial charge in [0.25, 0.3) is 5.91 Å². The molecule has 0 aliphatic carbocycles. The lowest BCUT2D eigenvalue weighted by Crippen LogP contribution is -2.41.